The van der Waals surface area contributed by atoms with Gasteiger partial charge in [-0.2, -0.15) is 0 Å². The van der Waals surface area contributed by atoms with E-state index >= 15 is 0 Å². The van der Waals surface area contributed by atoms with E-state index in [2.05, 4.69) is 24.3 Å². The Labute approximate surface area is 104 Å². The predicted octanol–water partition coefficient (Wildman–Crippen LogP) is 2.80. The molecule has 0 spiro atoms. The summed E-state index contributed by atoms with van der Waals surface area (Å²) >= 11 is 0. The Morgan fingerprint density at radius 2 is 2.00 bits per heavy atom. The maximum atomic E-state index is 9.16. The van der Waals surface area contributed by atoms with Gasteiger partial charge in [0.25, 0.3) is 0 Å². The molecule has 1 fully saturated rings. The minimum absolute atomic E-state index is 0.318. The quantitative estimate of drug-likeness (QED) is 0.849. The first-order chi connectivity index (χ1) is 8.38. The van der Waals surface area contributed by atoms with Crippen molar-refractivity contribution in [3.8, 4) is 0 Å². The summed E-state index contributed by atoms with van der Waals surface area (Å²) in [5.74, 6) is 0.463. The molecule has 0 amide bonds. The molecule has 0 aromatic heterocycles. The fraction of sp³-hybridized carbons (Fsp3) is 0.600. The molecule has 1 aliphatic carbocycles. The highest BCUT2D eigenvalue weighted by Crippen LogP contribution is 2.25. The molecule has 0 heterocycles. The van der Waals surface area contributed by atoms with Gasteiger partial charge in [0, 0.05) is 6.61 Å². The van der Waals surface area contributed by atoms with Crippen molar-refractivity contribution in [3.63, 3.8) is 0 Å². The van der Waals surface area contributed by atoms with Gasteiger partial charge in [0.1, 0.15) is 0 Å². The normalized spacial score (nSPS) is 24.8. The van der Waals surface area contributed by atoms with Gasteiger partial charge in [0.15, 0.2) is 0 Å². The molecule has 0 unspecified atom stereocenters. The van der Waals surface area contributed by atoms with Crippen molar-refractivity contribution in [2.24, 2.45) is 5.92 Å². The number of hydrogen-bond acceptors (Lipinski definition) is 2. The van der Waals surface area contributed by atoms with Gasteiger partial charge < -0.3 is 9.84 Å². The van der Waals surface area contributed by atoms with Gasteiger partial charge >= 0.3 is 0 Å². The Kier molecular flexibility index (Phi) is 5.02. The number of hydrogen-bond donors (Lipinski definition) is 1. The number of rotatable bonds is 5. The summed E-state index contributed by atoms with van der Waals surface area (Å²) in [5, 5.41) is 9.16. The molecule has 0 radical (unpaired) electrons. The van der Waals surface area contributed by atoms with Gasteiger partial charge in [-0.05, 0) is 37.2 Å². The second kappa shape index (κ2) is 6.77. The van der Waals surface area contributed by atoms with Crippen LogP contribution in [0.15, 0.2) is 30.3 Å². The smallest absolute Gasteiger partial charge is 0.0578 e. The predicted molar refractivity (Wildman–Crippen MR) is 68.9 cm³/mol. The van der Waals surface area contributed by atoms with Gasteiger partial charge in [-0.3, -0.25) is 0 Å². The van der Waals surface area contributed by atoms with Gasteiger partial charge in [0.2, 0.25) is 0 Å². The third kappa shape index (κ3) is 4.14. The molecular formula is C15H22O2. The third-order valence-electron chi connectivity index (χ3n) is 3.58. The number of aliphatic hydroxyl groups excluding tert-OH is 1. The molecule has 0 bridgehead atoms. The second-order valence-corrected chi connectivity index (χ2v) is 4.94. The molecule has 0 aliphatic heterocycles. The van der Waals surface area contributed by atoms with Crippen LogP contribution in [0.2, 0.25) is 0 Å². The highest BCUT2D eigenvalue weighted by Gasteiger charge is 2.21. The van der Waals surface area contributed by atoms with E-state index in [1.165, 1.54) is 12.0 Å². The van der Waals surface area contributed by atoms with Crippen LogP contribution >= 0.6 is 0 Å². The van der Waals surface area contributed by atoms with Gasteiger partial charge in [-0.15, -0.1) is 0 Å². The molecule has 2 nitrogen and oxygen atoms in total. The highest BCUT2D eigenvalue weighted by molar-refractivity contribution is 5.14. The van der Waals surface area contributed by atoms with Crippen LogP contribution in [0.3, 0.4) is 0 Å². The molecular weight excluding hydrogens is 212 g/mol. The molecule has 1 aromatic rings. The first kappa shape index (κ1) is 12.6. The first-order valence-corrected chi connectivity index (χ1v) is 6.65. The first-order valence-electron chi connectivity index (χ1n) is 6.65. The Morgan fingerprint density at radius 1 is 1.18 bits per heavy atom. The Bertz CT molecular complexity index is 310. The van der Waals surface area contributed by atoms with Crippen LogP contribution in [0.1, 0.15) is 31.2 Å². The van der Waals surface area contributed by atoms with Crippen molar-refractivity contribution >= 4 is 0 Å². The summed E-state index contributed by atoms with van der Waals surface area (Å²) in [6.45, 7) is 1.12. The fourth-order valence-electron chi connectivity index (χ4n) is 2.55. The van der Waals surface area contributed by atoms with Crippen LogP contribution in [0.5, 0.6) is 0 Å². The van der Waals surface area contributed by atoms with E-state index in [9.17, 15) is 0 Å². The van der Waals surface area contributed by atoms with Crippen LogP contribution < -0.4 is 0 Å². The Balaban J connectivity index is 1.68. The standard InChI is InChI=1S/C15H22O2/c16-12-14-7-4-8-15(11-14)17-10-9-13-5-2-1-3-6-13/h1-3,5-6,14-16H,4,7-12H2/t14-,15+/m1/s1. The maximum absolute atomic E-state index is 9.16. The monoisotopic (exact) mass is 234 g/mol. The third-order valence-corrected chi connectivity index (χ3v) is 3.58. The summed E-state index contributed by atoms with van der Waals surface area (Å²) in [6, 6.07) is 10.5. The molecule has 1 N–H and O–H groups in total. The van der Waals surface area contributed by atoms with E-state index in [4.69, 9.17) is 9.84 Å². The van der Waals surface area contributed by atoms with Crippen LogP contribution in [0.4, 0.5) is 0 Å². The van der Waals surface area contributed by atoms with E-state index in [0.717, 1.165) is 32.3 Å². The molecule has 1 aromatic carbocycles. The van der Waals surface area contributed by atoms with E-state index in [1.807, 2.05) is 6.07 Å². The van der Waals surface area contributed by atoms with Gasteiger partial charge in [0.05, 0.1) is 12.7 Å². The van der Waals surface area contributed by atoms with Gasteiger partial charge in [-0.25, -0.2) is 0 Å². The largest absolute Gasteiger partial charge is 0.396 e. The zero-order valence-corrected chi connectivity index (χ0v) is 10.3. The SMILES string of the molecule is OC[C@@H]1CCC[C@H](OCCc2ccccc2)C1. The second-order valence-electron chi connectivity index (χ2n) is 4.94. The van der Waals surface area contributed by atoms with E-state index in [0.29, 0.717) is 18.6 Å². The summed E-state index contributed by atoms with van der Waals surface area (Å²) in [5.41, 5.74) is 1.34. The molecule has 17 heavy (non-hydrogen) atoms. The van der Waals surface area contributed by atoms with Crippen molar-refractivity contribution in [3.05, 3.63) is 35.9 Å². The van der Waals surface area contributed by atoms with Crippen molar-refractivity contribution < 1.29 is 9.84 Å². The molecule has 94 valence electrons. The number of ether oxygens (including phenoxy) is 1. The molecule has 0 saturated heterocycles. The van der Waals surface area contributed by atoms with Crippen molar-refractivity contribution in [1.82, 2.24) is 0 Å². The zero-order valence-electron chi connectivity index (χ0n) is 10.3. The lowest BCUT2D eigenvalue weighted by molar-refractivity contribution is 0.00512. The van der Waals surface area contributed by atoms with Crippen LogP contribution in [-0.2, 0) is 11.2 Å². The molecule has 2 heteroatoms. The molecule has 1 saturated carbocycles. The number of benzene rings is 1. The van der Waals surface area contributed by atoms with Crippen molar-refractivity contribution in [1.29, 1.82) is 0 Å². The lowest BCUT2D eigenvalue weighted by atomic mass is 9.88. The van der Waals surface area contributed by atoms with E-state index in [1.54, 1.807) is 0 Å². The van der Waals surface area contributed by atoms with Crippen LogP contribution in [0.25, 0.3) is 0 Å². The van der Waals surface area contributed by atoms with E-state index < -0.39 is 0 Å². The minimum Gasteiger partial charge on any atom is -0.396 e. The minimum atomic E-state index is 0.318. The maximum Gasteiger partial charge on any atom is 0.0578 e. The zero-order chi connectivity index (χ0) is 11.9. The Morgan fingerprint density at radius 3 is 2.76 bits per heavy atom. The lowest BCUT2D eigenvalue weighted by Gasteiger charge is -2.27. The average Bonchev–Trinajstić information content (AvgIpc) is 2.40. The Hall–Kier alpha value is -0.860. The topological polar surface area (TPSA) is 29.5 Å². The lowest BCUT2D eigenvalue weighted by Crippen LogP contribution is -2.25. The van der Waals surface area contributed by atoms with Crippen molar-refractivity contribution in [2.75, 3.05) is 13.2 Å². The highest BCUT2D eigenvalue weighted by atomic mass is 16.5. The number of aliphatic hydroxyl groups is 1. The van der Waals surface area contributed by atoms with Gasteiger partial charge in [-0.1, -0.05) is 36.8 Å². The molecule has 1 aliphatic rings. The van der Waals surface area contributed by atoms with Crippen LogP contribution in [0, 0.1) is 5.92 Å². The average molecular weight is 234 g/mol. The van der Waals surface area contributed by atoms with Crippen LogP contribution in [-0.4, -0.2) is 24.4 Å². The molecule has 2 rings (SSSR count). The van der Waals surface area contributed by atoms with Crippen molar-refractivity contribution in [2.45, 2.75) is 38.2 Å². The summed E-state index contributed by atoms with van der Waals surface area (Å²) in [4.78, 5) is 0. The van der Waals surface area contributed by atoms with E-state index in [-0.39, 0.29) is 0 Å². The summed E-state index contributed by atoms with van der Waals surface area (Å²) in [6.07, 6.45) is 5.90. The fourth-order valence-corrected chi connectivity index (χ4v) is 2.55. The molecule has 2 atom stereocenters. The summed E-state index contributed by atoms with van der Waals surface area (Å²) in [7, 11) is 0. The summed E-state index contributed by atoms with van der Waals surface area (Å²) < 4.78 is 5.91.